The van der Waals surface area contributed by atoms with Crippen LogP contribution in [0.1, 0.15) is 103 Å². The van der Waals surface area contributed by atoms with Gasteiger partial charge in [0.05, 0.1) is 5.56 Å². The van der Waals surface area contributed by atoms with Gasteiger partial charge in [0.2, 0.25) is 0 Å². The average molecular weight is 653 g/mol. The summed E-state index contributed by atoms with van der Waals surface area (Å²) in [4.78, 5) is 37.3. The maximum absolute atomic E-state index is 14.2. The molecule has 2 unspecified atom stereocenters. The van der Waals surface area contributed by atoms with Crippen LogP contribution in [0.5, 0.6) is 0 Å². The molecule has 0 saturated heterocycles. The van der Waals surface area contributed by atoms with Crippen LogP contribution in [0.4, 0.5) is 26.3 Å². The molecule has 248 valence electrons. The van der Waals surface area contributed by atoms with E-state index in [0.717, 1.165) is 18.2 Å². The SMILES string of the molecule is CCC(=O)c1ccc(C(=O)Cc2c(C)cc(Cc3cc(C)c(C)c(C(C)(O)C(F)(F)F)c3)cc2C(C)(O)C(F)(F)F)cc1C(=O)O. The molecule has 12 heteroatoms. The maximum atomic E-state index is 14.2. The Bertz CT molecular complexity index is 1700. The van der Waals surface area contributed by atoms with Crippen molar-refractivity contribution in [2.45, 2.75) is 84.4 Å². The molecule has 46 heavy (non-hydrogen) atoms. The van der Waals surface area contributed by atoms with Crippen LogP contribution < -0.4 is 0 Å². The van der Waals surface area contributed by atoms with Crippen LogP contribution in [-0.4, -0.2) is 45.2 Å². The summed E-state index contributed by atoms with van der Waals surface area (Å²) in [5, 5.41) is 30.7. The van der Waals surface area contributed by atoms with Crippen molar-refractivity contribution in [3.63, 3.8) is 0 Å². The van der Waals surface area contributed by atoms with Gasteiger partial charge in [-0.1, -0.05) is 37.3 Å². The lowest BCUT2D eigenvalue weighted by Gasteiger charge is -2.31. The second kappa shape index (κ2) is 12.6. The monoisotopic (exact) mass is 652 g/mol. The van der Waals surface area contributed by atoms with Gasteiger partial charge in [-0.05, 0) is 97.7 Å². The van der Waals surface area contributed by atoms with Gasteiger partial charge in [0.25, 0.3) is 0 Å². The van der Waals surface area contributed by atoms with E-state index in [1.165, 1.54) is 45.9 Å². The van der Waals surface area contributed by atoms with Crippen LogP contribution in [0.15, 0.2) is 42.5 Å². The molecule has 0 saturated carbocycles. The minimum Gasteiger partial charge on any atom is -0.478 e. The van der Waals surface area contributed by atoms with Crippen molar-refractivity contribution in [1.82, 2.24) is 0 Å². The van der Waals surface area contributed by atoms with Gasteiger partial charge in [-0.2, -0.15) is 26.3 Å². The molecule has 3 aromatic rings. The van der Waals surface area contributed by atoms with E-state index in [1.807, 2.05) is 0 Å². The molecular weight excluding hydrogens is 618 g/mol. The predicted molar refractivity (Wildman–Crippen MR) is 157 cm³/mol. The normalized spacial score (nSPS) is 14.8. The first kappa shape index (κ1) is 36.4. The molecule has 0 aliphatic rings. The first-order valence-electron chi connectivity index (χ1n) is 14.2. The van der Waals surface area contributed by atoms with Crippen molar-refractivity contribution in [1.29, 1.82) is 0 Å². The smallest absolute Gasteiger partial charge is 0.421 e. The van der Waals surface area contributed by atoms with Gasteiger partial charge < -0.3 is 15.3 Å². The fraction of sp³-hybridized carbons (Fsp3) is 0.382. The van der Waals surface area contributed by atoms with E-state index < -0.39 is 64.2 Å². The van der Waals surface area contributed by atoms with E-state index in [0.29, 0.717) is 19.4 Å². The lowest BCUT2D eigenvalue weighted by Crippen LogP contribution is -2.40. The van der Waals surface area contributed by atoms with Crippen molar-refractivity contribution < 1.29 is 56.0 Å². The third-order valence-electron chi connectivity index (χ3n) is 8.35. The molecule has 3 aromatic carbocycles. The number of hydrogen-bond acceptors (Lipinski definition) is 5. The molecule has 0 spiro atoms. The first-order valence-corrected chi connectivity index (χ1v) is 14.2. The summed E-state index contributed by atoms with van der Waals surface area (Å²) < 4.78 is 83.6. The molecule has 0 fully saturated rings. The molecule has 0 aromatic heterocycles. The summed E-state index contributed by atoms with van der Waals surface area (Å²) in [7, 11) is 0. The van der Waals surface area contributed by atoms with Gasteiger partial charge in [0.15, 0.2) is 22.8 Å². The van der Waals surface area contributed by atoms with Crippen molar-refractivity contribution >= 4 is 17.5 Å². The standard InChI is InChI=1S/C34H34F6O6/c1-7-28(41)23-9-8-22(15-25(23)30(43)44)29(42)16-24-18(3)11-21(14-27(24)32(6,46)34(38,39)40)12-20-10-17(2)19(4)26(13-20)31(5,45)33(35,36)37/h8-11,13-15,45-46H,7,12,16H2,1-6H3,(H,43,44). The second-order valence-electron chi connectivity index (χ2n) is 11.8. The van der Waals surface area contributed by atoms with Crippen LogP contribution in [0, 0.1) is 20.8 Å². The molecular formula is C34H34F6O6. The summed E-state index contributed by atoms with van der Waals surface area (Å²) in [6.45, 7) is 7.02. The van der Waals surface area contributed by atoms with Gasteiger partial charge in [-0.25, -0.2) is 4.79 Å². The highest BCUT2D eigenvalue weighted by atomic mass is 19.4. The Kier molecular flexibility index (Phi) is 10.0. The highest BCUT2D eigenvalue weighted by Crippen LogP contribution is 2.43. The lowest BCUT2D eigenvalue weighted by molar-refractivity contribution is -0.259. The number of carbonyl (C=O) groups excluding carboxylic acids is 2. The summed E-state index contributed by atoms with van der Waals surface area (Å²) in [6, 6.07) is 8.51. The van der Waals surface area contributed by atoms with E-state index in [2.05, 4.69) is 0 Å². The number of carbonyl (C=O) groups is 3. The van der Waals surface area contributed by atoms with Gasteiger partial charge in [-0.15, -0.1) is 0 Å². The number of Topliss-reactive ketones (excluding diaryl/α,β-unsaturated/α-hetero) is 2. The van der Waals surface area contributed by atoms with Crippen molar-refractivity contribution in [2.75, 3.05) is 0 Å². The molecule has 3 rings (SSSR count). The van der Waals surface area contributed by atoms with Crippen LogP contribution in [-0.2, 0) is 24.0 Å². The molecule has 0 heterocycles. The number of halogens is 6. The van der Waals surface area contributed by atoms with E-state index in [1.54, 1.807) is 6.07 Å². The Balaban J connectivity index is 2.15. The number of benzene rings is 3. The zero-order valence-corrected chi connectivity index (χ0v) is 26.0. The zero-order chi connectivity index (χ0) is 35.2. The number of ketones is 2. The first-order chi connectivity index (χ1) is 20.9. The van der Waals surface area contributed by atoms with E-state index in [4.69, 9.17) is 0 Å². The molecule has 0 aliphatic heterocycles. The summed E-state index contributed by atoms with van der Waals surface area (Å²) in [5.41, 5.74) is -7.46. The predicted octanol–water partition coefficient (Wildman–Crippen LogP) is 7.46. The quantitative estimate of drug-likeness (QED) is 0.155. The number of carboxylic acid groups (broad SMARTS) is 1. The minimum atomic E-state index is -5.20. The molecule has 2 atom stereocenters. The minimum absolute atomic E-state index is 0.000115. The Hall–Kier alpha value is -4.03. The van der Waals surface area contributed by atoms with E-state index >= 15 is 0 Å². The van der Waals surface area contributed by atoms with Crippen molar-refractivity contribution in [3.05, 3.63) is 104 Å². The largest absolute Gasteiger partial charge is 0.478 e. The lowest BCUT2D eigenvalue weighted by atomic mass is 9.82. The van der Waals surface area contributed by atoms with Gasteiger partial charge >= 0.3 is 18.3 Å². The summed E-state index contributed by atoms with van der Waals surface area (Å²) in [5.74, 6) is -2.73. The molecule has 3 N–H and O–H groups in total. The molecule has 0 aliphatic carbocycles. The van der Waals surface area contributed by atoms with Crippen LogP contribution in [0.25, 0.3) is 0 Å². The average Bonchev–Trinajstić information content (AvgIpc) is 2.93. The maximum Gasteiger partial charge on any atom is 0.421 e. The van der Waals surface area contributed by atoms with Gasteiger partial charge in [0.1, 0.15) is 0 Å². The summed E-state index contributed by atoms with van der Waals surface area (Å²) >= 11 is 0. The van der Waals surface area contributed by atoms with Crippen LogP contribution in [0.2, 0.25) is 0 Å². The van der Waals surface area contributed by atoms with E-state index in [-0.39, 0.29) is 51.8 Å². The van der Waals surface area contributed by atoms with Crippen LogP contribution >= 0.6 is 0 Å². The number of aliphatic hydroxyl groups is 2. The number of aryl methyl sites for hydroxylation is 2. The molecule has 0 amide bonds. The number of alkyl halides is 6. The number of aromatic carboxylic acids is 1. The topological polar surface area (TPSA) is 112 Å². The fourth-order valence-electron chi connectivity index (χ4n) is 5.34. The van der Waals surface area contributed by atoms with E-state index in [9.17, 15) is 56.0 Å². The third kappa shape index (κ3) is 7.02. The molecule has 0 bridgehead atoms. The zero-order valence-electron chi connectivity index (χ0n) is 26.0. The second-order valence-corrected chi connectivity index (χ2v) is 11.8. The Morgan fingerprint density at radius 1 is 0.696 bits per heavy atom. The number of rotatable bonds is 10. The molecule has 0 radical (unpaired) electrons. The van der Waals surface area contributed by atoms with Gasteiger partial charge in [0, 0.05) is 24.0 Å². The summed E-state index contributed by atoms with van der Waals surface area (Å²) in [6.07, 6.45) is -11.1. The highest BCUT2D eigenvalue weighted by molar-refractivity contribution is 6.08. The van der Waals surface area contributed by atoms with Crippen LogP contribution in [0.3, 0.4) is 0 Å². The van der Waals surface area contributed by atoms with Crippen molar-refractivity contribution in [2.24, 2.45) is 0 Å². The number of hydrogen-bond donors (Lipinski definition) is 3. The fourth-order valence-corrected chi connectivity index (χ4v) is 5.34. The molecule has 6 nitrogen and oxygen atoms in total. The highest BCUT2D eigenvalue weighted by Gasteiger charge is 2.53. The Labute approximate surface area is 261 Å². The van der Waals surface area contributed by atoms with Crippen molar-refractivity contribution in [3.8, 4) is 0 Å². The van der Waals surface area contributed by atoms with Gasteiger partial charge in [-0.3, -0.25) is 9.59 Å². The third-order valence-corrected chi connectivity index (χ3v) is 8.35. The Morgan fingerprint density at radius 2 is 1.20 bits per heavy atom. The Morgan fingerprint density at radius 3 is 1.70 bits per heavy atom. The number of carboxylic acids is 1.